The molecule has 2 heterocycles. The Hall–Kier alpha value is -2.89. The first-order valence-corrected chi connectivity index (χ1v) is 18.0. The molecule has 1 aliphatic carbocycles. The minimum absolute atomic E-state index is 0.0821. The molecule has 0 aromatic heterocycles. The van der Waals surface area contributed by atoms with Crippen LogP contribution in [0.25, 0.3) is 0 Å². The second-order valence-electron chi connectivity index (χ2n) is 16.1. The van der Waals surface area contributed by atoms with Gasteiger partial charge in [0.25, 0.3) is 5.91 Å². The lowest BCUT2D eigenvalue weighted by atomic mass is 9.83. The topological polar surface area (TPSA) is 299 Å². The van der Waals surface area contributed by atoms with Crippen molar-refractivity contribution < 1.29 is 68.3 Å². The molecule has 2 aliphatic heterocycles. The summed E-state index contributed by atoms with van der Waals surface area (Å²) in [6.07, 6.45) is -10.1. The van der Waals surface area contributed by atoms with Gasteiger partial charge in [0.15, 0.2) is 6.29 Å². The summed E-state index contributed by atoms with van der Waals surface area (Å²) >= 11 is 0. The van der Waals surface area contributed by atoms with Crippen molar-refractivity contribution in [2.24, 2.45) is 11.5 Å². The predicted octanol–water partition coefficient (Wildman–Crippen LogP) is -2.54. The van der Waals surface area contributed by atoms with Gasteiger partial charge in [0.05, 0.1) is 44.4 Å². The van der Waals surface area contributed by atoms with Gasteiger partial charge >= 0.3 is 12.2 Å². The average Bonchev–Trinajstić information content (AvgIpc) is 3.04. The van der Waals surface area contributed by atoms with Crippen LogP contribution in [0, 0.1) is 0 Å². The maximum Gasteiger partial charge on any atom is 0.410 e. The van der Waals surface area contributed by atoms with Crippen molar-refractivity contribution in [1.29, 1.82) is 0 Å². The number of amides is 3. The fourth-order valence-corrected chi connectivity index (χ4v) is 6.27. The summed E-state index contributed by atoms with van der Waals surface area (Å²) in [6.45, 7) is 10.9. The molecular formula is C34H62N6O14. The number of carbonyl (C=O) groups is 3. The first-order chi connectivity index (χ1) is 24.9. The molecule has 3 aliphatic rings. The monoisotopic (exact) mass is 778 g/mol. The molecule has 12 N–H and O–H groups in total. The molecule has 0 aromatic rings. The number of carbonyl (C=O) groups excluding carboxylic acids is 3. The van der Waals surface area contributed by atoms with Gasteiger partial charge in [0.1, 0.15) is 53.1 Å². The van der Waals surface area contributed by atoms with E-state index in [0.717, 1.165) is 4.90 Å². The summed E-state index contributed by atoms with van der Waals surface area (Å²) in [5, 5.41) is 62.2. The van der Waals surface area contributed by atoms with Gasteiger partial charge in [-0.05, 0) is 67.4 Å². The minimum Gasteiger partial charge on any atom is -0.467 e. The smallest absolute Gasteiger partial charge is 0.410 e. The van der Waals surface area contributed by atoms with Gasteiger partial charge in [-0.15, -0.1) is 0 Å². The number of nitrogens with one attached hydrogen (secondary N) is 3. The Balaban J connectivity index is 1.86. The number of aliphatic hydroxyl groups is 5. The zero-order valence-electron chi connectivity index (χ0n) is 32.4. The van der Waals surface area contributed by atoms with Crippen LogP contribution in [0.4, 0.5) is 9.59 Å². The van der Waals surface area contributed by atoms with E-state index in [-0.39, 0.29) is 19.6 Å². The third kappa shape index (κ3) is 12.8. The van der Waals surface area contributed by atoms with Crippen LogP contribution in [-0.4, -0.2) is 172 Å². The maximum atomic E-state index is 13.2. The molecule has 0 unspecified atom stereocenters. The van der Waals surface area contributed by atoms with Crippen LogP contribution >= 0.6 is 0 Å². The predicted molar refractivity (Wildman–Crippen MR) is 190 cm³/mol. The molecule has 3 rings (SSSR count). The van der Waals surface area contributed by atoms with Crippen LogP contribution < -0.4 is 27.4 Å². The zero-order chi connectivity index (χ0) is 40.8. The van der Waals surface area contributed by atoms with E-state index in [1.54, 1.807) is 47.6 Å². The summed E-state index contributed by atoms with van der Waals surface area (Å²) in [4.78, 5) is 39.4. The van der Waals surface area contributed by atoms with Crippen molar-refractivity contribution in [2.45, 2.75) is 145 Å². The van der Waals surface area contributed by atoms with Crippen LogP contribution in [0.2, 0.25) is 0 Å². The maximum absolute atomic E-state index is 13.2. The molecule has 3 amide bonds. The molecule has 20 heteroatoms. The number of hydrogen-bond acceptors (Lipinski definition) is 17. The average molecular weight is 779 g/mol. The van der Waals surface area contributed by atoms with Gasteiger partial charge in [-0.1, -0.05) is 0 Å². The van der Waals surface area contributed by atoms with E-state index in [0.29, 0.717) is 18.7 Å². The molecule has 0 spiro atoms. The van der Waals surface area contributed by atoms with Crippen molar-refractivity contribution in [3.8, 4) is 0 Å². The van der Waals surface area contributed by atoms with Crippen LogP contribution in [-0.2, 0) is 33.2 Å². The van der Waals surface area contributed by atoms with Gasteiger partial charge in [-0.25, -0.2) is 9.59 Å². The molecule has 312 valence electrons. The van der Waals surface area contributed by atoms with Crippen molar-refractivity contribution in [3.05, 3.63) is 11.8 Å². The van der Waals surface area contributed by atoms with E-state index < -0.39 is 115 Å². The molecular weight excluding hydrogens is 716 g/mol. The highest BCUT2D eigenvalue weighted by Gasteiger charge is 2.54. The Morgan fingerprint density at radius 3 is 2.26 bits per heavy atom. The summed E-state index contributed by atoms with van der Waals surface area (Å²) in [6, 6.07) is -4.10. The van der Waals surface area contributed by atoms with E-state index in [9.17, 15) is 34.8 Å². The second kappa shape index (κ2) is 18.8. The third-order valence-corrected chi connectivity index (χ3v) is 8.77. The van der Waals surface area contributed by atoms with E-state index in [1.807, 2.05) is 0 Å². The molecule has 20 nitrogen and oxygen atoms in total. The van der Waals surface area contributed by atoms with Crippen LogP contribution in [0.3, 0.4) is 0 Å². The number of likely N-dealkylation sites (N-methyl/N-ethyl adjacent to an activating group) is 1. The van der Waals surface area contributed by atoms with Crippen LogP contribution in [0.5, 0.6) is 0 Å². The molecule has 0 radical (unpaired) electrons. The van der Waals surface area contributed by atoms with Crippen LogP contribution in [0.15, 0.2) is 11.8 Å². The van der Waals surface area contributed by atoms with E-state index in [4.69, 9.17) is 45.0 Å². The van der Waals surface area contributed by atoms with E-state index in [2.05, 4.69) is 16.0 Å². The normalized spacial score (nSPS) is 33.8. The number of nitrogens with zero attached hydrogens (tertiary/aromatic N) is 1. The summed E-state index contributed by atoms with van der Waals surface area (Å²) in [5.74, 6) is -0.464. The fourth-order valence-electron chi connectivity index (χ4n) is 6.27. The highest BCUT2D eigenvalue weighted by atomic mass is 16.7. The number of rotatable bonds is 13. The number of hydrogen-bond donors (Lipinski definition) is 10. The largest absolute Gasteiger partial charge is 0.467 e. The third-order valence-electron chi connectivity index (χ3n) is 8.77. The summed E-state index contributed by atoms with van der Waals surface area (Å²) in [5.41, 5.74) is 9.32. The lowest BCUT2D eigenvalue weighted by Gasteiger charge is -2.50. The van der Waals surface area contributed by atoms with Gasteiger partial charge < -0.3 is 86.3 Å². The molecule has 0 aromatic carbocycles. The Labute approximate surface area is 315 Å². The minimum atomic E-state index is -1.78. The molecule has 1 saturated heterocycles. The van der Waals surface area contributed by atoms with E-state index >= 15 is 0 Å². The molecule has 12 atom stereocenters. The highest BCUT2D eigenvalue weighted by molar-refractivity contribution is 5.81. The second-order valence-corrected chi connectivity index (χ2v) is 16.1. The SMILES string of the molecule is CN(C(=O)OC(C)(C)C)[C@@H]1[C@@H](O)[C@@H](O[C@@H]2[C@@H](O)[C@H](O[C@H]3OC(CNCCO)=CC[C@H]3N)[C@@H](N)C[C@H]2NC(=O)[C@H](O)CNC(=O)OC(C)(C)C)OC[C@]1(C)O. The fraction of sp³-hybridized carbons (Fsp3) is 0.853. The lowest BCUT2D eigenvalue weighted by molar-refractivity contribution is -0.310. The van der Waals surface area contributed by atoms with Gasteiger partial charge in [-0.2, -0.15) is 0 Å². The standard InChI is InChI=1S/C34H62N6O14/c1-32(2,3)53-30(46)38-15-21(42)27(45)39-20-13-19(36)24(51-28-18(35)10-9-17(50-28)14-37-11-12-41)22(43)25(20)52-29-23(44)26(34(7,48)16-49-29)40(8)31(47)54-33(4,5)6/h9,18-26,28-29,37,41-44,48H,10-16,35-36H2,1-8H3,(H,38,46)(H,39,45)/t18-,19+,20-,21-,22+,23-,24-,25+,26-,28-,29-,34+/m1/s1. The Morgan fingerprint density at radius 2 is 1.65 bits per heavy atom. The summed E-state index contributed by atoms with van der Waals surface area (Å²) < 4.78 is 34.6. The highest BCUT2D eigenvalue weighted by Crippen LogP contribution is 2.34. The van der Waals surface area contributed by atoms with Crippen LogP contribution in [0.1, 0.15) is 61.3 Å². The van der Waals surface area contributed by atoms with Crippen molar-refractivity contribution in [2.75, 3.05) is 39.9 Å². The van der Waals surface area contributed by atoms with E-state index in [1.165, 1.54) is 14.0 Å². The number of ether oxygens (including phenoxy) is 6. The molecule has 2 fully saturated rings. The Kier molecular flexibility index (Phi) is 15.9. The number of nitrogens with two attached hydrogens (primary N) is 2. The first kappa shape index (κ1) is 45.5. The molecule has 1 saturated carbocycles. The van der Waals surface area contributed by atoms with Gasteiger partial charge in [0.2, 0.25) is 6.29 Å². The lowest BCUT2D eigenvalue weighted by Crippen LogP contribution is -2.70. The van der Waals surface area contributed by atoms with Crippen molar-refractivity contribution in [1.82, 2.24) is 20.9 Å². The Bertz CT molecular complexity index is 1290. The Morgan fingerprint density at radius 1 is 1.02 bits per heavy atom. The van der Waals surface area contributed by atoms with Gasteiger partial charge in [0, 0.05) is 19.6 Å². The summed E-state index contributed by atoms with van der Waals surface area (Å²) in [7, 11) is 1.34. The van der Waals surface area contributed by atoms with Crippen molar-refractivity contribution >= 4 is 18.1 Å². The first-order valence-electron chi connectivity index (χ1n) is 18.0. The zero-order valence-corrected chi connectivity index (χ0v) is 32.4. The molecule has 0 bridgehead atoms. The quantitative estimate of drug-likeness (QED) is 0.0862. The molecule has 54 heavy (non-hydrogen) atoms. The number of aliphatic hydroxyl groups excluding tert-OH is 4. The van der Waals surface area contributed by atoms with Gasteiger partial charge in [-0.3, -0.25) is 4.79 Å². The van der Waals surface area contributed by atoms with Crippen molar-refractivity contribution in [3.63, 3.8) is 0 Å². The number of alkyl carbamates (subject to hydrolysis) is 1.